The van der Waals surface area contributed by atoms with Crippen molar-refractivity contribution in [3.05, 3.63) is 35.9 Å². The highest BCUT2D eigenvalue weighted by molar-refractivity contribution is 5.96. The van der Waals surface area contributed by atoms with Gasteiger partial charge in [0.15, 0.2) is 0 Å². The van der Waals surface area contributed by atoms with Crippen LogP contribution in [0.4, 0.5) is 0 Å². The van der Waals surface area contributed by atoms with E-state index in [4.69, 9.17) is 4.74 Å². The van der Waals surface area contributed by atoms with E-state index in [2.05, 4.69) is 10.6 Å². The highest BCUT2D eigenvalue weighted by Crippen LogP contribution is 2.15. The number of benzene rings is 1. The summed E-state index contributed by atoms with van der Waals surface area (Å²) in [5.41, 5.74) is 0.523. The van der Waals surface area contributed by atoms with Crippen molar-refractivity contribution >= 4 is 23.6 Å². The lowest BCUT2D eigenvalue weighted by atomic mass is 10.0. The molecule has 0 aliphatic carbocycles. The van der Waals surface area contributed by atoms with Gasteiger partial charge in [0, 0.05) is 32.3 Å². The summed E-state index contributed by atoms with van der Waals surface area (Å²) in [6, 6.07) is 7.29. The molecule has 156 valence electrons. The molecule has 2 aliphatic rings. The van der Waals surface area contributed by atoms with E-state index in [-0.39, 0.29) is 37.4 Å². The van der Waals surface area contributed by atoms with Crippen LogP contribution < -0.4 is 10.6 Å². The van der Waals surface area contributed by atoms with Gasteiger partial charge in [-0.1, -0.05) is 18.2 Å². The molecule has 0 aromatic heterocycles. The number of carbonyl (C=O) groups is 4. The fourth-order valence-electron chi connectivity index (χ4n) is 3.64. The number of piperazine rings is 1. The lowest BCUT2D eigenvalue weighted by molar-refractivity contribution is -0.146. The van der Waals surface area contributed by atoms with Crippen LogP contribution in [0.1, 0.15) is 23.2 Å². The molecular formula is C20H26N4O5. The van der Waals surface area contributed by atoms with Crippen molar-refractivity contribution in [2.24, 2.45) is 0 Å². The molecule has 2 unspecified atom stereocenters. The summed E-state index contributed by atoms with van der Waals surface area (Å²) in [4.78, 5) is 53.2. The summed E-state index contributed by atoms with van der Waals surface area (Å²) in [6.45, 7) is 1.03. The van der Waals surface area contributed by atoms with Crippen LogP contribution in [0, 0.1) is 0 Å². The summed E-state index contributed by atoms with van der Waals surface area (Å²) in [6.07, 6.45) is 1.31. The Labute approximate surface area is 169 Å². The Morgan fingerprint density at radius 1 is 1.21 bits per heavy atom. The molecule has 2 aliphatic heterocycles. The fourth-order valence-corrected chi connectivity index (χ4v) is 3.64. The Kier molecular flexibility index (Phi) is 6.82. The molecule has 0 spiro atoms. The third kappa shape index (κ3) is 4.92. The molecule has 2 N–H and O–H groups in total. The number of ether oxygens (including phenoxy) is 1. The van der Waals surface area contributed by atoms with Crippen molar-refractivity contribution in [3.8, 4) is 0 Å². The first-order chi connectivity index (χ1) is 14.0. The van der Waals surface area contributed by atoms with Gasteiger partial charge in [-0.05, 0) is 25.0 Å². The van der Waals surface area contributed by atoms with Crippen molar-refractivity contribution in [2.45, 2.75) is 24.9 Å². The van der Waals surface area contributed by atoms with Gasteiger partial charge in [-0.15, -0.1) is 0 Å². The predicted octanol–water partition coefficient (Wildman–Crippen LogP) is -0.619. The molecule has 2 saturated heterocycles. The Bertz CT molecular complexity index is 769. The van der Waals surface area contributed by atoms with Gasteiger partial charge in [-0.2, -0.15) is 0 Å². The standard InChI is InChI=1S/C20H26N4O5/c1-29-13-17(25)24-11-10-23(20(28)14-6-3-2-4-7-14)12-16(24)19(27)22-15-8-5-9-21-18(15)26/h2-4,6-7,15-16H,5,8-13H2,1H3,(H,21,26)(H,22,27). The number of amides is 4. The van der Waals surface area contributed by atoms with E-state index in [9.17, 15) is 19.2 Å². The first-order valence-electron chi connectivity index (χ1n) is 9.72. The SMILES string of the molecule is COCC(=O)N1CCN(C(=O)c2ccccc2)CC1C(=O)NC1CCCNC1=O. The van der Waals surface area contributed by atoms with Crippen molar-refractivity contribution in [2.75, 3.05) is 39.9 Å². The summed E-state index contributed by atoms with van der Waals surface area (Å²) < 4.78 is 4.93. The number of hydrogen-bond acceptors (Lipinski definition) is 5. The second kappa shape index (κ2) is 9.51. The Morgan fingerprint density at radius 2 is 1.97 bits per heavy atom. The summed E-state index contributed by atoms with van der Waals surface area (Å²) in [5.74, 6) is -1.19. The first-order valence-corrected chi connectivity index (χ1v) is 9.72. The fraction of sp³-hybridized carbons (Fsp3) is 0.500. The number of rotatable bonds is 5. The maximum absolute atomic E-state index is 13.0. The topological polar surface area (TPSA) is 108 Å². The van der Waals surface area contributed by atoms with E-state index in [1.807, 2.05) is 6.07 Å². The molecule has 29 heavy (non-hydrogen) atoms. The third-order valence-electron chi connectivity index (χ3n) is 5.18. The molecule has 0 bridgehead atoms. The number of carbonyl (C=O) groups excluding carboxylic acids is 4. The minimum Gasteiger partial charge on any atom is -0.375 e. The molecule has 9 nitrogen and oxygen atoms in total. The quantitative estimate of drug-likeness (QED) is 0.683. The third-order valence-corrected chi connectivity index (χ3v) is 5.18. The van der Waals surface area contributed by atoms with Crippen LogP contribution in [0.2, 0.25) is 0 Å². The average Bonchev–Trinajstić information content (AvgIpc) is 2.75. The normalized spacial score (nSPS) is 22.0. The van der Waals surface area contributed by atoms with E-state index in [1.54, 1.807) is 29.2 Å². The molecule has 4 amide bonds. The number of nitrogens with zero attached hydrogens (tertiary/aromatic N) is 2. The van der Waals surface area contributed by atoms with Crippen LogP contribution in [0.5, 0.6) is 0 Å². The first kappa shape index (κ1) is 20.8. The zero-order valence-corrected chi connectivity index (χ0v) is 16.4. The highest BCUT2D eigenvalue weighted by atomic mass is 16.5. The van der Waals surface area contributed by atoms with Crippen molar-refractivity contribution in [1.29, 1.82) is 0 Å². The lowest BCUT2D eigenvalue weighted by Crippen LogP contribution is -2.64. The van der Waals surface area contributed by atoms with Gasteiger partial charge in [0.2, 0.25) is 17.7 Å². The largest absolute Gasteiger partial charge is 0.375 e. The van der Waals surface area contributed by atoms with Gasteiger partial charge in [-0.25, -0.2) is 0 Å². The van der Waals surface area contributed by atoms with Crippen LogP contribution in [-0.4, -0.2) is 85.4 Å². The smallest absolute Gasteiger partial charge is 0.253 e. The number of nitrogens with one attached hydrogen (secondary N) is 2. The Morgan fingerprint density at radius 3 is 2.66 bits per heavy atom. The molecule has 2 atom stereocenters. The molecule has 1 aromatic carbocycles. The van der Waals surface area contributed by atoms with Crippen LogP contribution >= 0.6 is 0 Å². The Hall–Kier alpha value is -2.94. The maximum atomic E-state index is 13.0. The van der Waals surface area contributed by atoms with Gasteiger partial charge in [0.05, 0.1) is 6.54 Å². The molecule has 0 radical (unpaired) electrons. The van der Waals surface area contributed by atoms with Gasteiger partial charge >= 0.3 is 0 Å². The zero-order chi connectivity index (χ0) is 20.8. The van der Waals surface area contributed by atoms with Crippen LogP contribution in [0.3, 0.4) is 0 Å². The van der Waals surface area contributed by atoms with E-state index in [0.717, 1.165) is 6.42 Å². The van der Waals surface area contributed by atoms with Crippen molar-refractivity contribution in [3.63, 3.8) is 0 Å². The summed E-state index contributed by atoms with van der Waals surface area (Å²) in [7, 11) is 1.41. The molecule has 0 saturated carbocycles. The van der Waals surface area contributed by atoms with E-state index >= 15 is 0 Å². The maximum Gasteiger partial charge on any atom is 0.253 e. The van der Waals surface area contributed by atoms with Gasteiger partial charge < -0.3 is 25.2 Å². The summed E-state index contributed by atoms with van der Waals surface area (Å²) in [5, 5.41) is 5.47. The minimum atomic E-state index is -0.881. The predicted molar refractivity (Wildman–Crippen MR) is 104 cm³/mol. The summed E-state index contributed by atoms with van der Waals surface area (Å²) >= 11 is 0. The average molecular weight is 402 g/mol. The number of methoxy groups -OCH3 is 1. The van der Waals surface area contributed by atoms with Gasteiger partial charge in [0.1, 0.15) is 18.7 Å². The molecule has 9 heteroatoms. The van der Waals surface area contributed by atoms with Gasteiger partial charge in [0.25, 0.3) is 5.91 Å². The molecule has 3 rings (SSSR count). The van der Waals surface area contributed by atoms with Crippen LogP contribution in [0.25, 0.3) is 0 Å². The highest BCUT2D eigenvalue weighted by Gasteiger charge is 2.38. The number of piperidine rings is 1. The zero-order valence-electron chi connectivity index (χ0n) is 16.4. The molecule has 2 fully saturated rings. The molecule has 1 aromatic rings. The van der Waals surface area contributed by atoms with Gasteiger partial charge in [-0.3, -0.25) is 19.2 Å². The van der Waals surface area contributed by atoms with E-state index in [0.29, 0.717) is 25.1 Å². The number of hydrogen-bond donors (Lipinski definition) is 2. The van der Waals surface area contributed by atoms with Crippen molar-refractivity contribution < 1.29 is 23.9 Å². The van der Waals surface area contributed by atoms with Crippen LogP contribution in [0.15, 0.2) is 30.3 Å². The molecule has 2 heterocycles. The minimum absolute atomic E-state index is 0.0589. The van der Waals surface area contributed by atoms with E-state index in [1.165, 1.54) is 12.0 Å². The second-order valence-corrected chi connectivity index (χ2v) is 7.15. The Balaban J connectivity index is 1.75. The van der Waals surface area contributed by atoms with Crippen LogP contribution in [-0.2, 0) is 19.1 Å². The lowest BCUT2D eigenvalue weighted by Gasteiger charge is -2.41. The second-order valence-electron chi connectivity index (χ2n) is 7.15. The van der Waals surface area contributed by atoms with E-state index < -0.39 is 18.0 Å². The molecular weight excluding hydrogens is 376 g/mol. The van der Waals surface area contributed by atoms with Crippen molar-refractivity contribution in [1.82, 2.24) is 20.4 Å². The monoisotopic (exact) mass is 402 g/mol.